The van der Waals surface area contributed by atoms with Crippen molar-refractivity contribution in [3.63, 3.8) is 0 Å². The molecular weight excluding hydrogens is 314 g/mol. The Bertz CT molecular complexity index is 649. The molecule has 0 saturated heterocycles. The summed E-state index contributed by atoms with van der Waals surface area (Å²) in [5.41, 5.74) is 1.71. The number of nitrogens with one attached hydrogen (secondary N) is 1. The van der Waals surface area contributed by atoms with E-state index in [1.807, 2.05) is 54.6 Å². The number of carbonyl (C=O) groups excluding carboxylic acids is 1. The number of ether oxygens (including phenoxy) is 2. The summed E-state index contributed by atoms with van der Waals surface area (Å²) in [6, 6.07) is 17.8. The van der Waals surface area contributed by atoms with Gasteiger partial charge in [0.25, 0.3) is 0 Å². The van der Waals surface area contributed by atoms with E-state index in [0.29, 0.717) is 19.4 Å². The lowest BCUT2D eigenvalue weighted by molar-refractivity contribution is -0.123. The van der Waals surface area contributed by atoms with Crippen molar-refractivity contribution >= 4 is 5.91 Å². The number of rotatable bonds is 9. The Hall–Kier alpha value is -2.33. The third kappa shape index (κ3) is 5.07. The summed E-state index contributed by atoms with van der Waals surface area (Å²) in [5, 5.41) is 3.03. The third-order valence-corrected chi connectivity index (χ3v) is 4.63. The Morgan fingerprint density at radius 3 is 2.28 bits per heavy atom. The lowest BCUT2D eigenvalue weighted by atomic mass is 9.90. The summed E-state index contributed by atoms with van der Waals surface area (Å²) < 4.78 is 10.9. The van der Waals surface area contributed by atoms with Crippen molar-refractivity contribution < 1.29 is 14.3 Å². The molecule has 0 aliphatic heterocycles. The maximum Gasteiger partial charge on any atom is 0.220 e. The first-order valence-corrected chi connectivity index (χ1v) is 8.64. The summed E-state index contributed by atoms with van der Waals surface area (Å²) in [4.78, 5) is 12.3. The second kappa shape index (κ2) is 9.23. The van der Waals surface area contributed by atoms with Crippen LogP contribution in [0, 0.1) is 0 Å². The Morgan fingerprint density at radius 1 is 1.04 bits per heavy atom. The van der Waals surface area contributed by atoms with Crippen molar-refractivity contribution in [2.24, 2.45) is 0 Å². The Morgan fingerprint density at radius 2 is 1.72 bits per heavy atom. The molecule has 0 aliphatic rings. The van der Waals surface area contributed by atoms with Crippen LogP contribution in [0.1, 0.15) is 30.9 Å². The van der Waals surface area contributed by atoms with Crippen molar-refractivity contribution in [3.8, 4) is 5.75 Å². The zero-order chi connectivity index (χ0) is 18.1. The van der Waals surface area contributed by atoms with Crippen molar-refractivity contribution in [1.82, 2.24) is 5.32 Å². The van der Waals surface area contributed by atoms with Crippen molar-refractivity contribution in [1.29, 1.82) is 0 Å². The zero-order valence-corrected chi connectivity index (χ0v) is 15.2. The van der Waals surface area contributed by atoms with E-state index in [-0.39, 0.29) is 5.91 Å². The summed E-state index contributed by atoms with van der Waals surface area (Å²) in [6.07, 6.45) is 1.93. The highest BCUT2D eigenvalue weighted by atomic mass is 16.5. The molecule has 25 heavy (non-hydrogen) atoms. The van der Waals surface area contributed by atoms with Gasteiger partial charge < -0.3 is 14.8 Å². The lowest BCUT2D eigenvalue weighted by Gasteiger charge is -2.32. The van der Waals surface area contributed by atoms with Crippen molar-refractivity contribution in [3.05, 3.63) is 65.7 Å². The number of benzene rings is 2. The van der Waals surface area contributed by atoms with E-state index in [1.165, 1.54) is 0 Å². The van der Waals surface area contributed by atoms with Crippen LogP contribution >= 0.6 is 0 Å². The molecule has 1 atom stereocenters. The summed E-state index contributed by atoms with van der Waals surface area (Å²) in [7, 11) is 3.34. The van der Waals surface area contributed by atoms with E-state index in [2.05, 4.69) is 12.2 Å². The first-order chi connectivity index (χ1) is 12.1. The number of carbonyl (C=O) groups is 1. The molecule has 0 bridgehead atoms. The van der Waals surface area contributed by atoms with E-state index < -0.39 is 5.60 Å². The van der Waals surface area contributed by atoms with E-state index in [0.717, 1.165) is 23.3 Å². The molecule has 0 saturated carbocycles. The van der Waals surface area contributed by atoms with Gasteiger partial charge in [0.1, 0.15) is 11.4 Å². The maximum absolute atomic E-state index is 12.3. The molecule has 4 heteroatoms. The highest BCUT2D eigenvalue weighted by Crippen LogP contribution is 2.28. The van der Waals surface area contributed by atoms with E-state index in [1.54, 1.807) is 14.2 Å². The molecule has 1 amide bonds. The molecule has 2 aromatic carbocycles. The van der Waals surface area contributed by atoms with E-state index in [4.69, 9.17) is 9.47 Å². The zero-order valence-electron chi connectivity index (χ0n) is 15.2. The van der Waals surface area contributed by atoms with Crippen LogP contribution in [0.15, 0.2) is 54.6 Å². The molecule has 2 rings (SSSR count). The van der Waals surface area contributed by atoms with Crippen LogP contribution in [0.3, 0.4) is 0 Å². The SMILES string of the molecule is CC[C@@](CNC(=O)CCc1ccc(OC)cc1)(OC)c1ccccc1. The predicted octanol–water partition coefficient (Wildman–Crippen LogP) is 3.70. The van der Waals surface area contributed by atoms with Gasteiger partial charge in [-0.05, 0) is 36.1 Å². The van der Waals surface area contributed by atoms with Crippen molar-refractivity contribution in [2.45, 2.75) is 31.8 Å². The Kier molecular flexibility index (Phi) is 7.02. The van der Waals surface area contributed by atoms with Gasteiger partial charge in [0.05, 0.1) is 13.7 Å². The minimum atomic E-state index is -0.489. The van der Waals surface area contributed by atoms with Gasteiger partial charge >= 0.3 is 0 Å². The molecule has 0 spiro atoms. The predicted molar refractivity (Wildman–Crippen MR) is 99.7 cm³/mol. The normalized spacial score (nSPS) is 13.1. The number of aryl methyl sites for hydroxylation is 1. The van der Waals surface area contributed by atoms with Crippen LogP contribution in [-0.4, -0.2) is 26.7 Å². The average Bonchev–Trinajstić information content (AvgIpc) is 2.69. The number of hydrogen-bond donors (Lipinski definition) is 1. The standard InChI is InChI=1S/C21H27NO3/c1-4-21(25-3,18-8-6-5-7-9-18)16-22-20(23)15-12-17-10-13-19(24-2)14-11-17/h5-11,13-14H,4,12,15-16H2,1-3H3,(H,22,23)/t21-/m0/s1. The van der Waals surface area contributed by atoms with Gasteiger partial charge in [-0.15, -0.1) is 0 Å². The number of methoxy groups -OCH3 is 2. The van der Waals surface area contributed by atoms with Crippen LogP contribution in [0.25, 0.3) is 0 Å². The third-order valence-electron chi connectivity index (χ3n) is 4.63. The highest BCUT2D eigenvalue weighted by Gasteiger charge is 2.30. The fourth-order valence-electron chi connectivity index (χ4n) is 2.89. The Labute approximate surface area is 150 Å². The molecule has 0 aliphatic carbocycles. The summed E-state index contributed by atoms with van der Waals surface area (Å²) in [5.74, 6) is 0.852. The van der Waals surface area contributed by atoms with Gasteiger partial charge in [0, 0.05) is 13.5 Å². The first kappa shape index (κ1) is 19.0. The fourth-order valence-corrected chi connectivity index (χ4v) is 2.89. The quantitative estimate of drug-likeness (QED) is 0.756. The summed E-state index contributed by atoms with van der Waals surface area (Å²) >= 11 is 0. The molecular formula is C21H27NO3. The lowest BCUT2D eigenvalue weighted by Crippen LogP contribution is -2.42. The number of hydrogen-bond acceptors (Lipinski definition) is 3. The topological polar surface area (TPSA) is 47.6 Å². The monoisotopic (exact) mass is 341 g/mol. The number of amides is 1. The first-order valence-electron chi connectivity index (χ1n) is 8.64. The second-order valence-corrected chi connectivity index (χ2v) is 6.04. The molecule has 2 aromatic rings. The molecule has 0 radical (unpaired) electrons. The average molecular weight is 341 g/mol. The van der Waals surface area contributed by atoms with Crippen LogP contribution < -0.4 is 10.1 Å². The van der Waals surface area contributed by atoms with Crippen LogP contribution in [0.4, 0.5) is 0 Å². The molecule has 4 nitrogen and oxygen atoms in total. The van der Waals surface area contributed by atoms with Gasteiger partial charge in [-0.2, -0.15) is 0 Å². The minimum absolute atomic E-state index is 0.0293. The Balaban J connectivity index is 1.90. The molecule has 0 heterocycles. The van der Waals surface area contributed by atoms with Crippen LogP contribution in [0.2, 0.25) is 0 Å². The van der Waals surface area contributed by atoms with Crippen LogP contribution in [0.5, 0.6) is 5.75 Å². The molecule has 1 N–H and O–H groups in total. The maximum atomic E-state index is 12.3. The van der Waals surface area contributed by atoms with Gasteiger partial charge in [-0.1, -0.05) is 49.4 Å². The molecule has 0 aromatic heterocycles. The molecule has 0 fully saturated rings. The second-order valence-electron chi connectivity index (χ2n) is 6.04. The van der Waals surface area contributed by atoms with Crippen LogP contribution in [-0.2, 0) is 21.6 Å². The van der Waals surface area contributed by atoms with Crippen molar-refractivity contribution in [2.75, 3.05) is 20.8 Å². The smallest absolute Gasteiger partial charge is 0.220 e. The largest absolute Gasteiger partial charge is 0.497 e. The fraction of sp³-hybridized carbons (Fsp3) is 0.381. The van der Waals surface area contributed by atoms with Gasteiger partial charge in [0.2, 0.25) is 5.91 Å². The van der Waals surface area contributed by atoms with E-state index >= 15 is 0 Å². The summed E-state index contributed by atoms with van der Waals surface area (Å²) in [6.45, 7) is 2.53. The highest BCUT2D eigenvalue weighted by molar-refractivity contribution is 5.76. The van der Waals surface area contributed by atoms with E-state index in [9.17, 15) is 4.79 Å². The van der Waals surface area contributed by atoms with Gasteiger partial charge in [-0.3, -0.25) is 4.79 Å². The minimum Gasteiger partial charge on any atom is -0.497 e. The van der Waals surface area contributed by atoms with Gasteiger partial charge in [-0.25, -0.2) is 0 Å². The molecule has 0 unspecified atom stereocenters. The molecule has 134 valence electrons. The van der Waals surface area contributed by atoms with Gasteiger partial charge in [0.15, 0.2) is 0 Å².